The van der Waals surface area contributed by atoms with Crippen molar-refractivity contribution in [3.05, 3.63) is 86.3 Å². The molecule has 45 heavy (non-hydrogen) atoms. The van der Waals surface area contributed by atoms with Gasteiger partial charge in [-0.05, 0) is 78.4 Å². The molecule has 0 radical (unpaired) electrons. The second-order valence-corrected chi connectivity index (χ2v) is 15.2. The maximum Gasteiger partial charge on any atom is 0.239 e. The quantitative estimate of drug-likeness (QED) is 0.242. The third-order valence-corrected chi connectivity index (χ3v) is 10.1. The molecule has 242 valence electrons. The Morgan fingerprint density at radius 2 is 1.98 bits per heavy atom. The van der Waals surface area contributed by atoms with Crippen molar-refractivity contribution < 1.29 is 19.8 Å². The Kier molecular flexibility index (Phi) is 11.1. The van der Waals surface area contributed by atoms with Crippen LogP contribution in [0.2, 0.25) is 0 Å². The highest BCUT2D eigenvalue weighted by Gasteiger charge is 2.37. The zero-order valence-electron chi connectivity index (χ0n) is 26.2. The third-order valence-electron chi connectivity index (χ3n) is 8.46. The number of aliphatic hydroxyl groups excluding tert-OH is 2. The summed E-state index contributed by atoms with van der Waals surface area (Å²) in [6.07, 6.45) is 2.99. The number of carbonyl (C=O) groups is 2. The minimum Gasteiger partial charge on any atom is -0.392 e. The van der Waals surface area contributed by atoms with Crippen molar-refractivity contribution >= 4 is 39.1 Å². The van der Waals surface area contributed by atoms with E-state index in [0.717, 1.165) is 34.3 Å². The number of halogens is 1. The largest absolute Gasteiger partial charge is 0.392 e. The monoisotopic (exact) mass is 697 g/mol. The first kappa shape index (κ1) is 33.7. The van der Waals surface area contributed by atoms with E-state index < -0.39 is 35.7 Å². The number of fused-ring (bicyclic) bond motifs is 1. The molecule has 1 aliphatic heterocycles. The lowest BCUT2D eigenvalue weighted by Gasteiger charge is -2.42. The molecule has 2 aromatic heterocycles. The van der Waals surface area contributed by atoms with E-state index in [4.69, 9.17) is 0 Å². The van der Waals surface area contributed by atoms with Gasteiger partial charge in [-0.25, -0.2) is 0 Å². The van der Waals surface area contributed by atoms with Crippen molar-refractivity contribution in [2.45, 2.75) is 76.4 Å². The number of thiophene rings is 1. The van der Waals surface area contributed by atoms with E-state index in [1.54, 1.807) is 23.7 Å². The van der Waals surface area contributed by atoms with Crippen LogP contribution in [-0.2, 0) is 29.0 Å². The highest BCUT2D eigenvalue weighted by molar-refractivity contribution is 9.10. The normalized spacial score (nSPS) is 22.0. The summed E-state index contributed by atoms with van der Waals surface area (Å²) >= 11 is 5.23. The molecular weight excluding hydrogens is 654 g/mol. The Hall–Kier alpha value is -2.67. The summed E-state index contributed by atoms with van der Waals surface area (Å²) < 4.78 is 1.06. The van der Waals surface area contributed by atoms with E-state index in [9.17, 15) is 19.8 Å². The van der Waals surface area contributed by atoms with Crippen LogP contribution in [0.1, 0.15) is 54.8 Å². The fourth-order valence-corrected chi connectivity index (χ4v) is 7.87. The van der Waals surface area contributed by atoms with E-state index >= 15 is 0 Å². The van der Waals surface area contributed by atoms with Gasteiger partial charge in [0.1, 0.15) is 6.04 Å². The van der Waals surface area contributed by atoms with Gasteiger partial charge in [0.05, 0.1) is 18.2 Å². The first-order valence-corrected chi connectivity index (χ1v) is 17.3. The van der Waals surface area contributed by atoms with Gasteiger partial charge in [0.25, 0.3) is 0 Å². The Balaban J connectivity index is 1.28. The number of β-amino-alcohol motifs (C(OH)–C–C–N with tert-alkyl or cyclic N) is 1. The maximum atomic E-state index is 13.8. The second-order valence-electron chi connectivity index (χ2n) is 13.3. The highest BCUT2D eigenvalue weighted by atomic mass is 79.9. The van der Waals surface area contributed by atoms with Crippen LogP contribution in [0.25, 0.3) is 0 Å². The van der Waals surface area contributed by atoms with E-state index in [1.807, 2.05) is 57.2 Å². The molecule has 5 rings (SSSR count). The molecule has 1 saturated heterocycles. The predicted molar refractivity (Wildman–Crippen MR) is 180 cm³/mol. The number of hydrogen-bond acceptors (Lipinski definition) is 8. The molecule has 4 N–H and O–H groups in total. The minimum atomic E-state index is -0.844. The van der Waals surface area contributed by atoms with Crippen LogP contribution < -0.4 is 10.6 Å². The second kappa shape index (κ2) is 14.8. The zero-order valence-corrected chi connectivity index (χ0v) is 28.6. The van der Waals surface area contributed by atoms with Crippen molar-refractivity contribution in [3.8, 4) is 0 Å². The molecule has 1 fully saturated rings. The van der Waals surface area contributed by atoms with Gasteiger partial charge in [-0.3, -0.25) is 24.4 Å². The average Bonchev–Trinajstić information content (AvgIpc) is 3.54. The number of piperazine rings is 1. The number of nitrogens with zero attached hydrogens (tertiary/aromatic N) is 3. The van der Waals surface area contributed by atoms with E-state index in [2.05, 4.69) is 52.8 Å². The van der Waals surface area contributed by atoms with E-state index in [1.165, 1.54) is 4.88 Å². The molecular formula is C34H44BrN5O4S. The van der Waals surface area contributed by atoms with Gasteiger partial charge in [-0.1, -0.05) is 30.3 Å². The standard InChI is InChI=1S/C34H44BrN5O4S/c1-34(2,3)38-33(44)29-20-39(19-27-16-25(35)21-45-27)11-12-40(29)18-26(41)14-24(13-22-7-6-10-36-17-22)32(43)37-31-28-9-5-4-8-23(28)15-30(31)42/h4-10,16-17,21,24,26,29-31,41-42H,11-15,18-20H2,1-3H3,(H,37,43)(H,38,44)/t24-,26-,29-,30+,31-/m0/s1. The fourth-order valence-electron chi connectivity index (χ4n) is 6.38. The lowest BCUT2D eigenvalue weighted by atomic mass is 9.92. The van der Waals surface area contributed by atoms with Crippen LogP contribution in [0.15, 0.2) is 64.7 Å². The zero-order chi connectivity index (χ0) is 32.1. The van der Waals surface area contributed by atoms with Crippen molar-refractivity contribution in [3.63, 3.8) is 0 Å². The SMILES string of the molecule is CC(C)(C)NC(=O)[C@@H]1CN(Cc2cc(Br)cs2)CCN1C[C@@H](O)C[C@H](Cc1cccnc1)C(=O)N[C@H]1c2ccccc2C[C@H]1O. The first-order chi connectivity index (χ1) is 21.4. The van der Waals surface area contributed by atoms with Gasteiger partial charge in [0, 0.05) is 77.7 Å². The van der Waals surface area contributed by atoms with Gasteiger partial charge in [0.2, 0.25) is 11.8 Å². The Labute approximate surface area is 278 Å². The molecule has 11 heteroatoms. The highest BCUT2D eigenvalue weighted by Crippen LogP contribution is 2.32. The third kappa shape index (κ3) is 9.21. The van der Waals surface area contributed by atoms with Gasteiger partial charge >= 0.3 is 0 Å². The molecule has 0 unspecified atom stereocenters. The fraction of sp³-hybridized carbons (Fsp3) is 0.500. The smallest absolute Gasteiger partial charge is 0.239 e. The maximum absolute atomic E-state index is 13.8. The molecule has 9 nitrogen and oxygen atoms in total. The summed E-state index contributed by atoms with van der Waals surface area (Å²) in [6.45, 7) is 8.86. The lowest BCUT2D eigenvalue weighted by molar-refractivity contribution is -0.132. The minimum absolute atomic E-state index is 0.0645. The number of rotatable bonds is 11. The van der Waals surface area contributed by atoms with E-state index in [-0.39, 0.29) is 24.8 Å². The van der Waals surface area contributed by atoms with Crippen molar-refractivity contribution in [2.75, 3.05) is 26.2 Å². The van der Waals surface area contributed by atoms with Crippen LogP contribution in [-0.4, -0.2) is 86.8 Å². The van der Waals surface area contributed by atoms with Gasteiger partial charge in [-0.15, -0.1) is 11.3 Å². The van der Waals surface area contributed by atoms with Crippen molar-refractivity contribution in [1.82, 2.24) is 25.4 Å². The molecule has 1 aromatic carbocycles. The average molecular weight is 699 g/mol. The molecule has 5 atom stereocenters. The summed E-state index contributed by atoms with van der Waals surface area (Å²) in [6, 6.07) is 12.7. The molecule has 3 heterocycles. The number of hydrogen-bond donors (Lipinski definition) is 4. The van der Waals surface area contributed by atoms with Crippen LogP contribution in [0.5, 0.6) is 0 Å². The van der Waals surface area contributed by atoms with Gasteiger partial charge in [-0.2, -0.15) is 0 Å². The van der Waals surface area contributed by atoms with Crippen molar-refractivity contribution in [2.24, 2.45) is 5.92 Å². The summed E-state index contributed by atoms with van der Waals surface area (Å²) in [7, 11) is 0. The lowest BCUT2D eigenvalue weighted by Crippen LogP contribution is -2.61. The summed E-state index contributed by atoms with van der Waals surface area (Å²) in [5.74, 6) is -0.831. The van der Waals surface area contributed by atoms with Crippen molar-refractivity contribution in [1.29, 1.82) is 0 Å². The summed E-state index contributed by atoms with van der Waals surface area (Å²) in [4.78, 5) is 37.1. The van der Waals surface area contributed by atoms with Gasteiger partial charge in [0.15, 0.2) is 0 Å². The van der Waals surface area contributed by atoms with Crippen LogP contribution >= 0.6 is 27.3 Å². The molecule has 1 aliphatic carbocycles. The number of aliphatic hydroxyl groups is 2. The number of nitrogens with one attached hydrogen (secondary N) is 2. The number of benzene rings is 1. The Morgan fingerprint density at radius 1 is 1.18 bits per heavy atom. The van der Waals surface area contributed by atoms with Gasteiger partial charge < -0.3 is 20.8 Å². The first-order valence-electron chi connectivity index (χ1n) is 15.6. The molecule has 0 spiro atoms. The molecule has 0 bridgehead atoms. The predicted octanol–water partition coefficient (Wildman–Crippen LogP) is 3.69. The summed E-state index contributed by atoms with van der Waals surface area (Å²) in [5.41, 5.74) is 2.47. The van der Waals surface area contributed by atoms with E-state index in [0.29, 0.717) is 25.9 Å². The van der Waals surface area contributed by atoms with Crippen LogP contribution in [0, 0.1) is 5.92 Å². The number of carbonyl (C=O) groups excluding carboxylic acids is 2. The number of aromatic nitrogens is 1. The Morgan fingerprint density at radius 3 is 2.69 bits per heavy atom. The molecule has 2 aliphatic rings. The Bertz CT molecular complexity index is 1450. The number of amides is 2. The summed E-state index contributed by atoms with van der Waals surface area (Å²) in [5, 5.41) is 30.5. The number of pyridine rings is 1. The topological polar surface area (TPSA) is 118 Å². The van der Waals surface area contributed by atoms with Crippen LogP contribution in [0.4, 0.5) is 0 Å². The molecule has 3 aromatic rings. The molecule has 0 saturated carbocycles. The molecule has 2 amide bonds. The van der Waals surface area contributed by atoms with Crippen LogP contribution in [0.3, 0.4) is 0 Å².